The highest BCUT2D eigenvalue weighted by molar-refractivity contribution is 5.80. The Hall–Kier alpha value is -2.11. The average molecular weight is 302 g/mol. The molecule has 0 saturated carbocycles. The van der Waals surface area contributed by atoms with Gasteiger partial charge in [0.2, 0.25) is 5.91 Å². The third kappa shape index (κ3) is 2.32. The lowest BCUT2D eigenvalue weighted by Gasteiger charge is -2.39. The third-order valence-electron chi connectivity index (χ3n) is 4.67. The standard InChI is InChI=1S/C16H22N4O2/c1-11-6-4-7-12(2)20(11)14(21)10-19-13-8-5-9-17-15(13)18(3)16(19)22/h5,8-9,11-12H,4,6-7,10H2,1-3H3/t11-,12-/m1/s1. The highest BCUT2D eigenvalue weighted by Gasteiger charge is 2.29. The number of nitrogens with zero attached hydrogens (tertiary/aromatic N) is 4. The molecule has 1 amide bonds. The number of aromatic nitrogens is 3. The number of rotatable bonds is 2. The van der Waals surface area contributed by atoms with E-state index >= 15 is 0 Å². The number of hydrogen-bond donors (Lipinski definition) is 0. The van der Waals surface area contributed by atoms with Crippen LogP contribution >= 0.6 is 0 Å². The number of imidazole rings is 1. The van der Waals surface area contributed by atoms with E-state index in [1.54, 1.807) is 19.3 Å². The van der Waals surface area contributed by atoms with Crippen molar-refractivity contribution in [3.8, 4) is 0 Å². The van der Waals surface area contributed by atoms with Crippen LogP contribution < -0.4 is 5.69 Å². The predicted octanol–water partition coefficient (Wildman–Crippen LogP) is 1.52. The second-order valence-electron chi connectivity index (χ2n) is 6.20. The molecule has 1 fully saturated rings. The predicted molar refractivity (Wildman–Crippen MR) is 84.6 cm³/mol. The molecule has 0 spiro atoms. The molecule has 22 heavy (non-hydrogen) atoms. The molecule has 3 heterocycles. The molecule has 1 aliphatic rings. The second-order valence-corrected chi connectivity index (χ2v) is 6.20. The zero-order chi connectivity index (χ0) is 15.9. The van der Waals surface area contributed by atoms with Crippen molar-refractivity contribution in [3.63, 3.8) is 0 Å². The Kier molecular flexibility index (Phi) is 3.76. The van der Waals surface area contributed by atoms with E-state index in [4.69, 9.17) is 0 Å². The number of amides is 1. The van der Waals surface area contributed by atoms with Crippen LogP contribution in [0, 0.1) is 0 Å². The molecular formula is C16H22N4O2. The number of hydrogen-bond acceptors (Lipinski definition) is 3. The molecule has 2 aromatic heterocycles. The summed E-state index contributed by atoms with van der Waals surface area (Å²) in [6.07, 6.45) is 4.87. The zero-order valence-corrected chi connectivity index (χ0v) is 13.3. The normalized spacial score (nSPS) is 22.2. The van der Waals surface area contributed by atoms with Gasteiger partial charge in [-0.3, -0.25) is 13.9 Å². The number of piperidine rings is 1. The fourth-order valence-corrected chi connectivity index (χ4v) is 3.51. The van der Waals surface area contributed by atoms with Crippen LogP contribution in [0.25, 0.3) is 11.2 Å². The molecule has 1 aliphatic heterocycles. The van der Waals surface area contributed by atoms with Crippen molar-refractivity contribution in [2.24, 2.45) is 7.05 Å². The summed E-state index contributed by atoms with van der Waals surface area (Å²) in [5.74, 6) is 0.0122. The van der Waals surface area contributed by atoms with Gasteiger partial charge in [0, 0.05) is 25.3 Å². The van der Waals surface area contributed by atoms with Gasteiger partial charge in [-0.15, -0.1) is 0 Å². The highest BCUT2D eigenvalue weighted by Crippen LogP contribution is 2.23. The first kappa shape index (κ1) is 14.8. The van der Waals surface area contributed by atoms with Crippen molar-refractivity contribution >= 4 is 17.1 Å². The van der Waals surface area contributed by atoms with Crippen molar-refractivity contribution in [3.05, 3.63) is 28.8 Å². The first-order valence-electron chi connectivity index (χ1n) is 7.82. The summed E-state index contributed by atoms with van der Waals surface area (Å²) in [6.45, 7) is 4.25. The van der Waals surface area contributed by atoms with Crippen molar-refractivity contribution in [1.29, 1.82) is 0 Å². The summed E-state index contributed by atoms with van der Waals surface area (Å²) >= 11 is 0. The molecule has 0 bridgehead atoms. The largest absolute Gasteiger partial charge is 0.336 e. The Balaban J connectivity index is 1.95. The van der Waals surface area contributed by atoms with Gasteiger partial charge in [-0.2, -0.15) is 0 Å². The molecule has 118 valence electrons. The Bertz CT molecular complexity index is 751. The van der Waals surface area contributed by atoms with Gasteiger partial charge < -0.3 is 4.90 Å². The first-order chi connectivity index (χ1) is 10.5. The summed E-state index contributed by atoms with van der Waals surface area (Å²) in [6, 6.07) is 4.09. The smallest absolute Gasteiger partial charge is 0.330 e. The first-order valence-corrected chi connectivity index (χ1v) is 7.82. The van der Waals surface area contributed by atoms with E-state index in [0.717, 1.165) is 19.3 Å². The highest BCUT2D eigenvalue weighted by atomic mass is 16.2. The van der Waals surface area contributed by atoms with E-state index in [2.05, 4.69) is 18.8 Å². The zero-order valence-electron chi connectivity index (χ0n) is 13.3. The fraction of sp³-hybridized carbons (Fsp3) is 0.562. The van der Waals surface area contributed by atoms with E-state index in [9.17, 15) is 9.59 Å². The van der Waals surface area contributed by atoms with Gasteiger partial charge in [0.15, 0.2) is 5.65 Å². The van der Waals surface area contributed by atoms with Crippen LogP contribution in [0.2, 0.25) is 0 Å². The minimum atomic E-state index is -0.195. The van der Waals surface area contributed by atoms with Crippen molar-refractivity contribution in [2.75, 3.05) is 0 Å². The summed E-state index contributed by atoms with van der Waals surface area (Å²) < 4.78 is 3.02. The Morgan fingerprint density at radius 3 is 2.68 bits per heavy atom. The molecule has 3 rings (SSSR count). The minimum absolute atomic E-state index is 0.0122. The summed E-state index contributed by atoms with van der Waals surface area (Å²) in [7, 11) is 1.69. The van der Waals surface area contributed by atoms with Gasteiger partial charge in [0.25, 0.3) is 0 Å². The summed E-state index contributed by atoms with van der Waals surface area (Å²) in [4.78, 5) is 31.3. The quantitative estimate of drug-likeness (QED) is 0.845. The minimum Gasteiger partial charge on any atom is -0.336 e. The monoisotopic (exact) mass is 302 g/mol. The molecule has 2 aromatic rings. The van der Waals surface area contributed by atoms with E-state index in [0.29, 0.717) is 11.2 Å². The van der Waals surface area contributed by atoms with Gasteiger partial charge in [-0.25, -0.2) is 9.78 Å². The van der Waals surface area contributed by atoms with Gasteiger partial charge in [0.05, 0.1) is 5.52 Å². The number of fused-ring (bicyclic) bond motifs is 1. The van der Waals surface area contributed by atoms with E-state index in [1.165, 1.54) is 9.13 Å². The van der Waals surface area contributed by atoms with Crippen molar-refractivity contribution in [1.82, 2.24) is 19.0 Å². The van der Waals surface area contributed by atoms with E-state index < -0.39 is 0 Å². The fourth-order valence-electron chi connectivity index (χ4n) is 3.51. The number of pyridine rings is 1. The topological polar surface area (TPSA) is 60.1 Å². The van der Waals surface area contributed by atoms with Crippen LogP contribution in [0.5, 0.6) is 0 Å². The molecule has 6 heteroatoms. The Morgan fingerprint density at radius 2 is 2.00 bits per heavy atom. The van der Waals surface area contributed by atoms with Crippen molar-refractivity contribution in [2.45, 2.75) is 51.7 Å². The summed E-state index contributed by atoms with van der Waals surface area (Å²) in [5, 5.41) is 0. The third-order valence-corrected chi connectivity index (χ3v) is 4.67. The maximum atomic E-state index is 12.7. The van der Waals surface area contributed by atoms with Gasteiger partial charge in [-0.1, -0.05) is 0 Å². The van der Waals surface area contributed by atoms with Crippen LogP contribution in [0.15, 0.2) is 23.1 Å². The van der Waals surface area contributed by atoms with Gasteiger partial charge in [-0.05, 0) is 45.2 Å². The molecule has 0 unspecified atom stereocenters. The Morgan fingerprint density at radius 1 is 1.32 bits per heavy atom. The van der Waals surface area contributed by atoms with Crippen LogP contribution in [-0.4, -0.2) is 37.0 Å². The number of likely N-dealkylation sites (tertiary alicyclic amines) is 1. The van der Waals surface area contributed by atoms with E-state index in [1.807, 2.05) is 11.0 Å². The molecule has 0 radical (unpaired) electrons. The maximum absolute atomic E-state index is 12.7. The van der Waals surface area contributed by atoms with E-state index in [-0.39, 0.29) is 30.2 Å². The van der Waals surface area contributed by atoms with Crippen LogP contribution in [0.3, 0.4) is 0 Å². The second kappa shape index (κ2) is 5.59. The van der Waals surface area contributed by atoms with Gasteiger partial charge in [0.1, 0.15) is 6.54 Å². The SMILES string of the molecule is C[C@@H]1CCC[C@@H](C)N1C(=O)Cn1c(=O)n(C)c2ncccc21. The Labute approximate surface area is 129 Å². The lowest BCUT2D eigenvalue weighted by atomic mass is 9.97. The maximum Gasteiger partial charge on any atom is 0.330 e. The molecule has 0 aliphatic carbocycles. The molecule has 0 aromatic carbocycles. The summed E-state index contributed by atoms with van der Waals surface area (Å²) in [5.41, 5.74) is 1.13. The molecule has 1 saturated heterocycles. The van der Waals surface area contributed by atoms with Gasteiger partial charge >= 0.3 is 5.69 Å². The molecule has 6 nitrogen and oxygen atoms in total. The van der Waals surface area contributed by atoms with Crippen molar-refractivity contribution < 1.29 is 4.79 Å². The lowest BCUT2D eigenvalue weighted by molar-refractivity contribution is -0.137. The lowest BCUT2D eigenvalue weighted by Crippen LogP contribution is -2.49. The number of carbonyl (C=O) groups excluding carboxylic acids is 1. The van der Waals surface area contributed by atoms with Crippen LogP contribution in [-0.2, 0) is 18.4 Å². The molecular weight excluding hydrogens is 280 g/mol. The molecule has 2 atom stereocenters. The molecule has 0 N–H and O–H groups in total. The number of carbonyl (C=O) groups is 1. The van der Waals surface area contributed by atoms with Crippen LogP contribution in [0.4, 0.5) is 0 Å². The van der Waals surface area contributed by atoms with Crippen LogP contribution in [0.1, 0.15) is 33.1 Å². The average Bonchev–Trinajstić information content (AvgIpc) is 2.73. The number of aryl methyl sites for hydroxylation is 1.